The van der Waals surface area contributed by atoms with Crippen molar-refractivity contribution in [1.29, 1.82) is 0 Å². The third-order valence-corrected chi connectivity index (χ3v) is 7.19. The minimum atomic E-state index is 0.263. The van der Waals surface area contributed by atoms with E-state index in [-0.39, 0.29) is 6.61 Å². The van der Waals surface area contributed by atoms with E-state index in [1.165, 1.54) is 31.5 Å². The molecule has 0 aliphatic carbocycles. The molecule has 1 aromatic carbocycles. The summed E-state index contributed by atoms with van der Waals surface area (Å²) >= 11 is 0. The maximum atomic E-state index is 9.72. The number of hydrogen-bond acceptors (Lipinski definition) is 6. The van der Waals surface area contributed by atoms with Crippen molar-refractivity contribution in [3.05, 3.63) is 29.3 Å². The number of piperidine rings is 1. The second-order valence-corrected chi connectivity index (χ2v) is 9.47. The largest absolute Gasteiger partial charge is 0.493 e. The molecule has 6 heteroatoms. The molecule has 4 rings (SSSR count). The van der Waals surface area contributed by atoms with Crippen molar-refractivity contribution < 1.29 is 14.6 Å². The van der Waals surface area contributed by atoms with Crippen LogP contribution in [0.4, 0.5) is 0 Å². The molecule has 0 radical (unpaired) electrons. The lowest BCUT2D eigenvalue weighted by molar-refractivity contribution is 0.00440. The molecule has 0 amide bonds. The van der Waals surface area contributed by atoms with E-state index in [1.807, 2.05) is 12.1 Å². The normalized spacial score (nSPS) is 24.0. The first-order valence-corrected chi connectivity index (χ1v) is 11.9. The molecule has 0 saturated carbocycles. The number of rotatable bonds is 7. The summed E-state index contributed by atoms with van der Waals surface area (Å²) < 4.78 is 11.5. The minimum Gasteiger partial charge on any atom is -0.493 e. The molecule has 2 saturated heterocycles. The van der Waals surface area contributed by atoms with Crippen LogP contribution in [0, 0.1) is 0 Å². The van der Waals surface area contributed by atoms with Crippen molar-refractivity contribution >= 4 is 6.08 Å². The summed E-state index contributed by atoms with van der Waals surface area (Å²) in [7, 11) is 1.69. The molecular weight excluding hydrogens is 390 g/mol. The molecule has 1 atom stereocenters. The van der Waals surface area contributed by atoms with Crippen LogP contribution in [0.3, 0.4) is 0 Å². The lowest BCUT2D eigenvalue weighted by Crippen LogP contribution is -2.59. The number of piperazine rings is 1. The third kappa shape index (κ3) is 5.25. The highest BCUT2D eigenvalue weighted by atomic mass is 16.5. The maximum absolute atomic E-state index is 9.72. The molecule has 172 valence electrons. The number of aliphatic hydroxyl groups is 1. The van der Waals surface area contributed by atoms with Crippen LogP contribution >= 0.6 is 0 Å². The number of hydrogen-bond donors (Lipinski definition) is 1. The summed E-state index contributed by atoms with van der Waals surface area (Å²) in [6.07, 6.45) is 5.61. The van der Waals surface area contributed by atoms with E-state index in [2.05, 4.69) is 40.7 Å². The Hall–Kier alpha value is -1.60. The fourth-order valence-corrected chi connectivity index (χ4v) is 5.46. The molecular formula is C25H39N3O3. The highest BCUT2D eigenvalue weighted by molar-refractivity contribution is 5.66. The minimum absolute atomic E-state index is 0.263. The van der Waals surface area contributed by atoms with Gasteiger partial charge in [-0.15, -0.1) is 0 Å². The lowest BCUT2D eigenvalue weighted by Gasteiger charge is -2.48. The summed E-state index contributed by atoms with van der Waals surface area (Å²) in [4.78, 5) is 7.84. The van der Waals surface area contributed by atoms with Crippen LogP contribution in [0.1, 0.15) is 38.7 Å². The number of likely N-dealkylation sites (tertiary alicyclic amines) is 1. The molecule has 0 bridgehead atoms. The van der Waals surface area contributed by atoms with Crippen LogP contribution in [0.15, 0.2) is 23.8 Å². The maximum Gasteiger partial charge on any atom is 0.168 e. The van der Waals surface area contributed by atoms with Crippen LogP contribution in [0.5, 0.6) is 11.5 Å². The van der Waals surface area contributed by atoms with Gasteiger partial charge >= 0.3 is 0 Å². The predicted octanol–water partition coefficient (Wildman–Crippen LogP) is 2.71. The Kier molecular flexibility index (Phi) is 7.54. The van der Waals surface area contributed by atoms with Crippen molar-refractivity contribution in [3.8, 4) is 11.5 Å². The van der Waals surface area contributed by atoms with Crippen molar-refractivity contribution in [2.24, 2.45) is 0 Å². The summed E-state index contributed by atoms with van der Waals surface area (Å²) in [5, 5.41) is 9.72. The fourth-order valence-electron chi connectivity index (χ4n) is 5.46. The van der Waals surface area contributed by atoms with Gasteiger partial charge in [-0.2, -0.15) is 0 Å². The second kappa shape index (κ2) is 10.3. The smallest absolute Gasteiger partial charge is 0.168 e. The first kappa shape index (κ1) is 22.6. The number of benzene rings is 1. The van der Waals surface area contributed by atoms with Crippen molar-refractivity contribution in [3.63, 3.8) is 0 Å². The zero-order valence-corrected chi connectivity index (χ0v) is 19.4. The highest BCUT2D eigenvalue weighted by Crippen LogP contribution is 2.35. The number of ether oxygens (including phenoxy) is 2. The van der Waals surface area contributed by atoms with Crippen LogP contribution in [0.25, 0.3) is 6.08 Å². The Labute approximate surface area is 187 Å². The van der Waals surface area contributed by atoms with Gasteiger partial charge in [0, 0.05) is 56.5 Å². The monoisotopic (exact) mass is 429 g/mol. The first-order chi connectivity index (χ1) is 15.1. The summed E-state index contributed by atoms with van der Waals surface area (Å²) in [6, 6.07) is 7.79. The van der Waals surface area contributed by atoms with Crippen LogP contribution in [-0.2, 0) is 0 Å². The van der Waals surface area contributed by atoms with Gasteiger partial charge in [-0.1, -0.05) is 12.1 Å². The Morgan fingerprint density at radius 3 is 2.68 bits per heavy atom. The predicted molar refractivity (Wildman–Crippen MR) is 125 cm³/mol. The molecule has 1 unspecified atom stereocenters. The van der Waals surface area contributed by atoms with Gasteiger partial charge in [0.25, 0.3) is 0 Å². The highest BCUT2D eigenvalue weighted by Gasteiger charge is 2.34. The Morgan fingerprint density at radius 2 is 1.97 bits per heavy atom. The Balaban J connectivity index is 1.37. The number of aliphatic hydroxyl groups excluding tert-OH is 1. The molecule has 1 N–H and O–H groups in total. The molecule has 0 spiro atoms. The van der Waals surface area contributed by atoms with Gasteiger partial charge < -0.3 is 19.5 Å². The van der Waals surface area contributed by atoms with Gasteiger partial charge in [0.1, 0.15) is 6.61 Å². The molecule has 3 aliphatic heterocycles. The van der Waals surface area contributed by atoms with Gasteiger partial charge in [-0.3, -0.25) is 9.80 Å². The van der Waals surface area contributed by atoms with E-state index in [0.29, 0.717) is 24.7 Å². The van der Waals surface area contributed by atoms with Gasteiger partial charge in [0.15, 0.2) is 11.5 Å². The lowest BCUT2D eigenvalue weighted by atomic mass is 9.97. The molecule has 31 heavy (non-hydrogen) atoms. The second-order valence-electron chi connectivity index (χ2n) is 9.47. The standard InChI is InChI=1S/C25H39N3O3/c1-19(2)27-10-7-22(8-11-27)28-13-12-26(17-23(28)9-14-29)16-20-15-21-5-4-6-24(30-3)25(21)31-18-20/h4-6,15,19,22-23,29H,7-14,16-18H2,1-3H3. The molecule has 6 nitrogen and oxygen atoms in total. The molecule has 3 heterocycles. The quantitative estimate of drug-likeness (QED) is 0.719. The summed E-state index contributed by atoms with van der Waals surface area (Å²) in [6.45, 7) is 12.0. The Morgan fingerprint density at radius 1 is 1.16 bits per heavy atom. The average molecular weight is 430 g/mol. The number of methoxy groups -OCH3 is 1. The molecule has 1 aromatic rings. The van der Waals surface area contributed by atoms with Crippen molar-refractivity contribution in [2.45, 2.75) is 51.2 Å². The summed E-state index contributed by atoms with van der Waals surface area (Å²) in [5.74, 6) is 1.65. The topological polar surface area (TPSA) is 48.4 Å². The molecule has 3 aliphatic rings. The molecule has 0 aromatic heterocycles. The zero-order chi connectivity index (χ0) is 21.8. The van der Waals surface area contributed by atoms with Gasteiger partial charge in [-0.25, -0.2) is 0 Å². The van der Waals surface area contributed by atoms with Gasteiger partial charge in [0.2, 0.25) is 0 Å². The van der Waals surface area contributed by atoms with E-state index in [4.69, 9.17) is 9.47 Å². The van der Waals surface area contributed by atoms with E-state index in [0.717, 1.165) is 49.7 Å². The SMILES string of the molecule is COc1cccc2c1OCC(CN1CCN(C3CCN(C(C)C)CC3)C(CCO)C1)=C2. The van der Waals surface area contributed by atoms with Gasteiger partial charge in [0.05, 0.1) is 7.11 Å². The van der Waals surface area contributed by atoms with Crippen LogP contribution < -0.4 is 9.47 Å². The number of nitrogens with zero attached hydrogens (tertiary/aromatic N) is 3. The molecule has 2 fully saturated rings. The third-order valence-electron chi connectivity index (χ3n) is 7.19. The van der Waals surface area contributed by atoms with E-state index in [1.54, 1.807) is 7.11 Å². The van der Waals surface area contributed by atoms with Crippen molar-refractivity contribution in [2.75, 3.05) is 59.6 Å². The zero-order valence-electron chi connectivity index (χ0n) is 19.4. The number of fused-ring (bicyclic) bond motifs is 1. The van der Waals surface area contributed by atoms with Crippen LogP contribution in [-0.4, -0.2) is 97.5 Å². The van der Waals surface area contributed by atoms with Crippen molar-refractivity contribution in [1.82, 2.24) is 14.7 Å². The fraction of sp³-hybridized carbons (Fsp3) is 0.680. The average Bonchev–Trinajstić information content (AvgIpc) is 2.79. The van der Waals surface area contributed by atoms with E-state index >= 15 is 0 Å². The Bertz CT molecular complexity index is 758. The summed E-state index contributed by atoms with van der Waals surface area (Å²) in [5.41, 5.74) is 2.41. The van der Waals surface area contributed by atoms with E-state index < -0.39 is 0 Å². The van der Waals surface area contributed by atoms with Gasteiger partial charge in [-0.05, 0) is 63.9 Å². The van der Waals surface area contributed by atoms with E-state index in [9.17, 15) is 5.11 Å². The first-order valence-electron chi connectivity index (χ1n) is 11.9. The van der Waals surface area contributed by atoms with Crippen LogP contribution in [0.2, 0.25) is 0 Å². The number of para-hydroxylation sites is 1.